The standard InChI is InChI=1S/C60H40N4/c1-3-19-41(20-4-1)61-53-29-11-7-25-45(53)49-33-35-51-47-27-9-13-31-55(47)63(59(51)57(49)61)43-23-15-17-39(37-43)40-18-16-24-44(38-40)64-56-32-14-10-28-48(56)52-36-34-50-46-26-8-12-30-54(46)62(58(50)60(52)64)42-21-5-2-6-22-42/h1-38,51,59H. The highest BCUT2D eigenvalue weighted by Crippen LogP contribution is 2.57. The number of para-hydroxylation sites is 6. The van der Waals surface area contributed by atoms with Crippen molar-refractivity contribution in [2.75, 3.05) is 4.90 Å². The zero-order chi connectivity index (χ0) is 41.9. The van der Waals surface area contributed by atoms with E-state index < -0.39 is 0 Å². The lowest BCUT2D eigenvalue weighted by molar-refractivity contribution is 0.636. The van der Waals surface area contributed by atoms with Crippen molar-refractivity contribution in [1.82, 2.24) is 13.7 Å². The molecule has 1 aliphatic carbocycles. The average molecular weight is 817 g/mol. The molecule has 0 radical (unpaired) electrons. The topological polar surface area (TPSA) is 18.0 Å². The molecule has 1 aliphatic heterocycles. The van der Waals surface area contributed by atoms with Crippen LogP contribution in [0.5, 0.6) is 0 Å². The van der Waals surface area contributed by atoms with Gasteiger partial charge in [0.2, 0.25) is 0 Å². The Kier molecular flexibility index (Phi) is 7.48. The van der Waals surface area contributed by atoms with E-state index in [1.54, 1.807) is 0 Å². The summed E-state index contributed by atoms with van der Waals surface area (Å²) in [4.78, 5) is 2.61. The summed E-state index contributed by atoms with van der Waals surface area (Å²) < 4.78 is 7.47. The first-order valence-electron chi connectivity index (χ1n) is 22.3. The second-order valence-corrected chi connectivity index (χ2v) is 17.2. The van der Waals surface area contributed by atoms with Crippen LogP contribution in [0.3, 0.4) is 0 Å². The van der Waals surface area contributed by atoms with Gasteiger partial charge in [0.1, 0.15) is 0 Å². The van der Waals surface area contributed by atoms with E-state index in [2.05, 4.69) is 249 Å². The molecule has 2 atom stereocenters. The SMILES string of the molecule is C1=CC2c3ccccc3N(c3cccc(-c4cccc(-n5c6ccccc6c6ccc7c8ccccc8n(-c8ccccc8)c7c65)c4)c3)C2c2c1c1ccccc1n2-c1ccccc1. The molecule has 3 aromatic heterocycles. The van der Waals surface area contributed by atoms with Gasteiger partial charge in [0.05, 0.1) is 39.3 Å². The third kappa shape index (κ3) is 4.93. The van der Waals surface area contributed by atoms with Gasteiger partial charge in [-0.25, -0.2) is 0 Å². The maximum absolute atomic E-state index is 2.61. The summed E-state index contributed by atoms with van der Waals surface area (Å²) in [6, 6.07) is 80.3. The zero-order valence-corrected chi connectivity index (χ0v) is 34.9. The van der Waals surface area contributed by atoms with Gasteiger partial charge in [-0.2, -0.15) is 0 Å². The van der Waals surface area contributed by atoms with Gasteiger partial charge in [-0.05, 0) is 89.5 Å². The number of fused-ring (bicyclic) bond motifs is 14. The molecule has 12 aromatic rings. The normalized spacial score (nSPS) is 15.4. The molecule has 4 nitrogen and oxygen atoms in total. The number of rotatable bonds is 5. The predicted octanol–water partition coefficient (Wildman–Crippen LogP) is 15.5. The number of nitrogens with zero attached hydrogens (tertiary/aromatic N) is 4. The fraction of sp³-hybridized carbons (Fsp3) is 0.0333. The van der Waals surface area contributed by atoms with Gasteiger partial charge in [0.25, 0.3) is 0 Å². The highest BCUT2D eigenvalue weighted by Gasteiger charge is 2.44. The van der Waals surface area contributed by atoms with Crippen molar-refractivity contribution < 1.29 is 0 Å². The van der Waals surface area contributed by atoms with E-state index >= 15 is 0 Å². The fourth-order valence-electron chi connectivity index (χ4n) is 11.4. The first-order valence-corrected chi connectivity index (χ1v) is 22.3. The molecule has 64 heavy (non-hydrogen) atoms. The van der Waals surface area contributed by atoms with Crippen molar-refractivity contribution in [3.63, 3.8) is 0 Å². The monoisotopic (exact) mass is 816 g/mol. The van der Waals surface area contributed by atoms with Crippen molar-refractivity contribution in [2.45, 2.75) is 12.0 Å². The van der Waals surface area contributed by atoms with Crippen LogP contribution in [-0.4, -0.2) is 13.7 Å². The summed E-state index contributed by atoms with van der Waals surface area (Å²) in [5.41, 5.74) is 18.3. The molecule has 2 aliphatic rings. The van der Waals surface area contributed by atoms with E-state index in [0.717, 1.165) is 11.4 Å². The predicted molar refractivity (Wildman–Crippen MR) is 267 cm³/mol. The Morgan fingerprint density at radius 1 is 0.344 bits per heavy atom. The Bertz CT molecular complexity index is 3860. The molecule has 0 saturated carbocycles. The molecular formula is C60H40N4. The molecular weight excluding hydrogens is 777 g/mol. The molecule has 14 rings (SSSR count). The molecule has 4 heteroatoms. The Morgan fingerprint density at radius 3 is 1.48 bits per heavy atom. The van der Waals surface area contributed by atoms with Gasteiger partial charge in [-0.15, -0.1) is 0 Å². The van der Waals surface area contributed by atoms with Crippen molar-refractivity contribution in [2.24, 2.45) is 0 Å². The van der Waals surface area contributed by atoms with Crippen LogP contribution < -0.4 is 4.90 Å². The number of hydrogen-bond donors (Lipinski definition) is 0. The summed E-state index contributed by atoms with van der Waals surface area (Å²) in [6.07, 6.45) is 4.82. The Balaban J connectivity index is 0.966. The summed E-state index contributed by atoms with van der Waals surface area (Å²) in [5, 5.41) is 6.26. The molecule has 9 aromatic carbocycles. The van der Waals surface area contributed by atoms with Crippen LogP contribution in [-0.2, 0) is 0 Å². The summed E-state index contributed by atoms with van der Waals surface area (Å²) >= 11 is 0. The second kappa shape index (κ2) is 13.6. The first-order chi connectivity index (χ1) is 31.8. The summed E-state index contributed by atoms with van der Waals surface area (Å²) in [5.74, 6) is 0.195. The summed E-state index contributed by atoms with van der Waals surface area (Å²) in [7, 11) is 0. The van der Waals surface area contributed by atoms with E-state index in [-0.39, 0.29) is 12.0 Å². The smallest absolute Gasteiger partial charge is 0.0856 e. The van der Waals surface area contributed by atoms with E-state index in [9.17, 15) is 0 Å². The van der Waals surface area contributed by atoms with Gasteiger partial charge in [0, 0.05) is 66.8 Å². The van der Waals surface area contributed by atoms with Crippen LogP contribution in [0.2, 0.25) is 0 Å². The maximum Gasteiger partial charge on any atom is 0.0856 e. The number of benzene rings is 9. The van der Waals surface area contributed by atoms with E-state index in [1.807, 2.05) is 0 Å². The van der Waals surface area contributed by atoms with Crippen molar-refractivity contribution in [3.8, 4) is 28.2 Å². The molecule has 0 spiro atoms. The quantitative estimate of drug-likeness (QED) is 0.169. The van der Waals surface area contributed by atoms with Crippen molar-refractivity contribution in [3.05, 3.63) is 241 Å². The molecule has 0 amide bonds. The molecule has 300 valence electrons. The fourth-order valence-corrected chi connectivity index (χ4v) is 11.4. The van der Waals surface area contributed by atoms with Crippen LogP contribution in [0, 0.1) is 0 Å². The maximum atomic E-state index is 2.61. The molecule has 0 fully saturated rings. The third-order valence-corrected chi connectivity index (χ3v) is 13.9. The van der Waals surface area contributed by atoms with E-state index in [0.29, 0.717) is 0 Å². The van der Waals surface area contributed by atoms with Crippen LogP contribution in [0.15, 0.2) is 224 Å². The lowest BCUT2D eigenvalue weighted by Gasteiger charge is -2.33. The Hall–Kier alpha value is -8.34. The lowest BCUT2D eigenvalue weighted by atomic mass is 9.86. The van der Waals surface area contributed by atoms with E-state index in [1.165, 1.54) is 99.5 Å². The second-order valence-electron chi connectivity index (χ2n) is 17.2. The minimum atomic E-state index is 0.0583. The minimum absolute atomic E-state index is 0.0583. The van der Waals surface area contributed by atoms with Gasteiger partial charge < -0.3 is 18.6 Å². The van der Waals surface area contributed by atoms with Crippen LogP contribution in [0.4, 0.5) is 11.4 Å². The Morgan fingerprint density at radius 2 is 0.828 bits per heavy atom. The first kappa shape index (κ1) is 35.3. The third-order valence-electron chi connectivity index (χ3n) is 13.9. The van der Waals surface area contributed by atoms with Crippen molar-refractivity contribution in [1.29, 1.82) is 0 Å². The van der Waals surface area contributed by atoms with E-state index in [4.69, 9.17) is 0 Å². The molecule has 0 saturated heterocycles. The van der Waals surface area contributed by atoms with Gasteiger partial charge in [-0.1, -0.05) is 158 Å². The zero-order valence-electron chi connectivity index (χ0n) is 34.9. The minimum Gasteiger partial charge on any atom is -0.331 e. The van der Waals surface area contributed by atoms with Crippen LogP contribution >= 0.6 is 0 Å². The highest BCUT2D eigenvalue weighted by molar-refractivity contribution is 6.23. The summed E-state index contributed by atoms with van der Waals surface area (Å²) in [6.45, 7) is 0. The highest BCUT2D eigenvalue weighted by atomic mass is 15.2. The van der Waals surface area contributed by atoms with Crippen molar-refractivity contribution >= 4 is 72.0 Å². The largest absolute Gasteiger partial charge is 0.331 e. The van der Waals surface area contributed by atoms with Gasteiger partial charge >= 0.3 is 0 Å². The van der Waals surface area contributed by atoms with Crippen LogP contribution in [0.1, 0.15) is 28.8 Å². The number of hydrogen-bond acceptors (Lipinski definition) is 1. The Labute approximate surface area is 370 Å². The van der Waals surface area contributed by atoms with Crippen LogP contribution in [0.25, 0.3) is 88.8 Å². The molecule has 4 heterocycles. The van der Waals surface area contributed by atoms with Gasteiger partial charge in [0.15, 0.2) is 0 Å². The van der Waals surface area contributed by atoms with Gasteiger partial charge in [-0.3, -0.25) is 0 Å². The average Bonchev–Trinajstić information content (AvgIpc) is 4.10. The molecule has 0 bridgehead atoms. The number of anilines is 2. The molecule has 2 unspecified atom stereocenters. The lowest BCUT2D eigenvalue weighted by Crippen LogP contribution is -2.26. The number of aromatic nitrogens is 3. The molecule has 0 N–H and O–H groups in total.